The van der Waals surface area contributed by atoms with Crippen LogP contribution in [0.4, 0.5) is 0 Å². The van der Waals surface area contributed by atoms with Crippen LogP contribution in [-0.2, 0) is 14.3 Å². The number of amides is 1. The van der Waals surface area contributed by atoms with E-state index in [9.17, 15) is 9.59 Å². The van der Waals surface area contributed by atoms with Gasteiger partial charge in [0.1, 0.15) is 0 Å². The van der Waals surface area contributed by atoms with E-state index < -0.39 is 0 Å². The van der Waals surface area contributed by atoms with E-state index in [0.717, 1.165) is 24.8 Å². The van der Waals surface area contributed by atoms with Crippen molar-refractivity contribution in [1.29, 1.82) is 0 Å². The third kappa shape index (κ3) is 5.08. The van der Waals surface area contributed by atoms with Crippen LogP contribution in [-0.4, -0.2) is 42.9 Å². The Hall–Kier alpha value is -1.16. The summed E-state index contributed by atoms with van der Waals surface area (Å²) in [5.41, 5.74) is 1.33. The second-order valence-corrected chi connectivity index (χ2v) is 5.43. The number of unbranched alkanes of at least 4 members (excludes halogenated alkanes) is 3. The molecule has 0 aromatic heterocycles. The largest absolute Gasteiger partial charge is 0.378 e. The van der Waals surface area contributed by atoms with Gasteiger partial charge in [-0.2, -0.15) is 0 Å². The van der Waals surface area contributed by atoms with Crippen LogP contribution in [0.15, 0.2) is 11.1 Å². The van der Waals surface area contributed by atoms with E-state index in [0.29, 0.717) is 31.9 Å². The molecule has 0 bridgehead atoms. The predicted octanol–water partition coefficient (Wildman–Crippen LogP) is 2.72. The number of hydrogen-bond donors (Lipinski definition) is 0. The molecule has 0 atom stereocenters. The van der Waals surface area contributed by atoms with Crippen molar-refractivity contribution < 1.29 is 14.3 Å². The average molecular weight is 281 g/mol. The molecule has 0 saturated carbocycles. The van der Waals surface area contributed by atoms with E-state index in [1.165, 1.54) is 19.8 Å². The molecule has 1 aliphatic rings. The molecule has 20 heavy (non-hydrogen) atoms. The smallest absolute Gasteiger partial charge is 0.257 e. The number of hydrogen-bond acceptors (Lipinski definition) is 3. The van der Waals surface area contributed by atoms with Crippen molar-refractivity contribution in [1.82, 2.24) is 4.90 Å². The first-order valence-corrected chi connectivity index (χ1v) is 7.65. The molecule has 1 aliphatic heterocycles. The number of nitrogens with zero attached hydrogens (tertiary/aromatic N) is 1. The van der Waals surface area contributed by atoms with Gasteiger partial charge in [-0.3, -0.25) is 9.59 Å². The van der Waals surface area contributed by atoms with Crippen LogP contribution in [0.25, 0.3) is 0 Å². The Labute approximate surface area is 122 Å². The molecule has 0 spiro atoms. The Morgan fingerprint density at radius 1 is 1.05 bits per heavy atom. The summed E-state index contributed by atoms with van der Waals surface area (Å²) in [5, 5.41) is 0. The molecule has 1 amide bonds. The molecule has 1 rings (SSSR count). The highest BCUT2D eigenvalue weighted by molar-refractivity contribution is 6.19. The fraction of sp³-hybridized carbons (Fsp3) is 0.750. The summed E-state index contributed by atoms with van der Waals surface area (Å²) in [5.74, 6) is -0.233. The molecular formula is C16H27NO3. The lowest BCUT2D eigenvalue weighted by Crippen LogP contribution is -2.42. The summed E-state index contributed by atoms with van der Waals surface area (Å²) in [7, 11) is 0. The SMILES string of the molecule is CCCCCCC(C)=C(C(C)=O)C(=O)N1CCOCC1. The molecule has 4 nitrogen and oxygen atoms in total. The molecule has 0 aromatic rings. The van der Waals surface area contributed by atoms with E-state index in [1.807, 2.05) is 6.92 Å². The summed E-state index contributed by atoms with van der Waals surface area (Å²) in [6, 6.07) is 0. The van der Waals surface area contributed by atoms with Crippen molar-refractivity contribution in [2.45, 2.75) is 52.9 Å². The van der Waals surface area contributed by atoms with Crippen molar-refractivity contribution >= 4 is 11.7 Å². The van der Waals surface area contributed by atoms with Crippen LogP contribution in [0, 0.1) is 0 Å². The average Bonchev–Trinajstić information content (AvgIpc) is 2.44. The first-order chi connectivity index (χ1) is 9.57. The summed E-state index contributed by atoms with van der Waals surface area (Å²) in [4.78, 5) is 26.0. The van der Waals surface area contributed by atoms with Gasteiger partial charge in [0.05, 0.1) is 18.8 Å². The molecule has 1 fully saturated rings. The number of ether oxygens (including phenoxy) is 1. The predicted molar refractivity (Wildman–Crippen MR) is 79.5 cm³/mol. The number of morpholine rings is 1. The molecule has 0 aromatic carbocycles. The lowest BCUT2D eigenvalue weighted by atomic mass is 9.99. The van der Waals surface area contributed by atoms with E-state index in [1.54, 1.807) is 4.90 Å². The normalized spacial score (nSPS) is 16.9. The molecule has 114 valence electrons. The van der Waals surface area contributed by atoms with Crippen LogP contribution < -0.4 is 0 Å². The third-order valence-electron chi connectivity index (χ3n) is 3.70. The Kier molecular flexibility index (Phi) is 7.52. The van der Waals surface area contributed by atoms with Crippen molar-refractivity contribution in [3.8, 4) is 0 Å². The number of allylic oxidation sites excluding steroid dienone is 1. The number of ketones is 1. The fourth-order valence-electron chi connectivity index (χ4n) is 2.50. The summed E-state index contributed by atoms with van der Waals surface area (Å²) >= 11 is 0. The van der Waals surface area contributed by atoms with Crippen molar-refractivity contribution in [3.05, 3.63) is 11.1 Å². The minimum absolute atomic E-state index is 0.116. The fourth-order valence-corrected chi connectivity index (χ4v) is 2.50. The molecule has 0 unspecified atom stereocenters. The molecule has 4 heteroatoms. The lowest BCUT2D eigenvalue weighted by Gasteiger charge is -2.28. The minimum atomic E-state index is -0.117. The Balaban J connectivity index is 2.69. The Bertz CT molecular complexity index is 368. The number of carbonyl (C=O) groups is 2. The van der Waals surface area contributed by atoms with Gasteiger partial charge < -0.3 is 9.64 Å². The maximum atomic E-state index is 12.5. The Morgan fingerprint density at radius 2 is 1.70 bits per heavy atom. The Morgan fingerprint density at radius 3 is 2.25 bits per heavy atom. The molecule has 1 heterocycles. The monoisotopic (exact) mass is 281 g/mol. The van der Waals surface area contributed by atoms with Gasteiger partial charge >= 0.3 is 0 Å². The van der Waals surface area contributed by atoms with E-state index in [-0.39, 0.29) is 11.7 Å². The van der Waals surface area contributed by atoms with Gasteiger partial charge in [-0.15, -0.1) is 0 Å². The number of rotatable bonds is 7. The van der Waals surface area contributed by atoms with E-state index in [4.69, 9.17) is 4.74 Å². The van der Waals surface area contributed by atoms with Gasteiger partial charge in [0.25, 0.3) is 5.91 Å². The first-order valence-electron chi connectivity index (χ1n) is 7.65. The van der Waals surface area contributed by atoms with Crippen LogP contribution in [0.1, 0.15) is 52.9 Å². The van der Waals surface area contributed by atoms with Crippen LogP contribution in [0.2, 0.25) is 0 Å². The second-order valence-electron chi connectivity index (χ2n) is 5.43. The standard InChI is InChI=1S/C16H27NO3/c1-4-5-6-7-8-13(2)15(14(3)18)16(19)17-9-11-20-12-10-17/h4-12H2,1-3H3. The topological polar surface area (TPSA) is 46.6 Å². The summed E-state index contributed by atoms with van der Waals surface area (Å²) < 4.78 is 5.25. The maximum Gasteiger partial charge on any atom is 0.257 e. The number of Topliss-reactive ketones (excluding diaryl/α,β-unsaturated/α-hetero) is 1. The van der Waals surface area contributed by atoms with Gasteiger partial charge in [-0.1, -0.05) is 31.8 Å². The highest BCUT2D eigenvalue weighted by Gasteiger charge is 2.24. The molecule has 0 radical (unpaired) electrons. The molecule has 1 saturated heterocycles. The minimum Gasteiger partial charge on any atom is -0.378 e. The van der Waals surface area contributed by atoms with Gasteiger partial charge in [0.15, 0.2) is 5.78 Å². The molecule has 0 aliphatic carbocycles. The van der Waals surface area contributed by atoms with E-state index in [2.05, 4.69) is 6.92 Å². The van der Waals surface area contributed by atoms with Crippen molar-refractivity contribution in [3.63, 3.8) is 0 Å². The van der Waals surface area contributed by atoms with E-state index >= 15 is 0 Å². The van der Waals surface area contributed by atoms with Crippen molar-refractivity contribution in [2.75, 3.05) is 26.3 Å². The highest BCUT2D eigenvalue weighted by atomic mass is 16.5. The van der Waals surface area contributed by atoms with Gasteiger partial charge in [0.2, 0.25) is 0 Å². The first kappa shape index (κ1) is 16.9. The summed E-state index contributed by atoms with van der Waals surface area (Å²) in [6.07, 6.45) is 5.44. The zero-order valence-electron chi connectivity index (χ0n) is 13.0. The van der Waals surface area contributed by atoms with Gasteiger partial charge in [0, 0.05) is 13.1 Å². The van der Waals surface area contributed by atoms with Gasteiger partial charge in [-0.05, 0) is 26.7 Å². The van der Waals surface area contributed by atoms with Crippen LogP contribution >= 0.6 is 0 Å². The molecular weight excluding hydrogens is 254 g/mol. The quantitative estimate of drug-likeness (QED) is 0.312. The summed E-state index contributed by atoms with van der Waals surface area (Å²) in [6.45, 7) is 7.87. The van der Waals surface area contributed by atoms with Crippen LogP contribution in [0.5, 0.6) is 0 Å². The van der Waals surface area contributed by atoms with Crippen LogP contribution in [0.3, 0.4) is 0 Å². The lowest BCUT2D eigenvalue weighted by molar-refractivity contribution is -0.133. The molecule has 0 N–H and O–H groups in total. The zero-order valence-corrected chi connectivity index (χ0v) is 13.0. The van der Waals surface area contributed by atoms with Crippen molar-refractivity contribution in [2.24, 2.45) is 0 Å². The maximum absolute atomic E-state index is 12.5. The van der Waals surface area contributed by atoms with Gasteiger partial charge in [-0.25, -0.2) is 0 Å². The third-order valence-corrected chi connectivity index (χ3v) is 3.70. The second kappa shape index (κ2) is 8.90. The number of carbonyl (C=O) groups excluding carboxylic acids is 2. The zero-order chi connectivity index (χ0) is 15.0. The highest BCUT2D eigenvalue weighted by Crippen LogP contribution is 2.17.